The standard InChI is InChI=1S/C5H6Se.K.H/c1-5-3-2-4-6-5;;/h2-4H,1H3;;/q;+1;-1. The minimum Gasteiger partial charge on any atom is -1.00 e. The van der Waals surface area contributed by atoms with Crippen molar-refractivity contribution in [3.8, 4) is 0 Å². The molecule has 1 aromatic heterocycles. The van der Waals surface area contributed by atoms with Crippen molar-refractivity contribution >= 4 is 14.5 Å². The molecule has 7 heavy (non-hydrogen) atoms. The first kappa shape index (κ1) is 8.64. The number of rotatable bonds is 0. The van der Waals surface area contributed by atoms with Crippen LogP contribution >= 0.6 is 0 Å². The van der Waals surface area contributed by atoms with Crippen LogP contribution in [0.3, 0.4) is 0 Å². The summed E-state index contributed by atoms with van der Waals surface area (Å²) in [7, 11) is 0. The molecule has 0 atom stereocenters. The third-order valence-corrected chi connectivity index (χ3v) is 2.34. The SMILES string of the molecule is Cc1ccc[se]1.[H-].[K+]. The summed E-state index contributed by atoms with van der Waals surface area (Å²) in [5.41, 5.74) is 0. The molecule has 0 nitrogen and oxygen atoms in total. The molecular formula is C5H7KSe. The molecule has 0 saturated heterocycles. The van der Waals surface area contributed by atoms with Crippen molar-refractivity contribution in [3.63, 3.8) is 0 Å². The summed E-state index contributed by atoms with van der Waals surface area (Å²) >= 11 is 0.708. The van der Waals surface area contributed by atoms with Gasteiger partial charge in [0.15, 0.2) is 0 Å². The molecule has 0 bridgehead atoms. The fraction of sp³-hybridized carbons (Fsp3) is 0.200. The second-order valence-corrected chi connectivity index (χ2v) is 3.64. The Morgan fingerprint density at radius 3 is 2.57 bits per heavy atom. The van der Waals surface area contributed by atoms with E-state index < -0.39 is 0 Å². The first-order valence-electron chi connectivity index (χ1n) is 1.90. The van der Waals surface area contributed by atoms with E-state index in [1.54, 1.807) is 0 Å². The summed E-state index contributed by atoms with van der Waals surface area (Å²) in [6.07, 6.45) is 0. The Balaban J connectivity index is 0. The molecule has 0 aliphatic heterocycles. The van der Waals surface area contributed by atoms with Crippen LogP contribution < -0.4 is 51.4 Å². The van der Waals surface area contributed by atoms with Gasteiger partial charge in [0, 0.05) is 0 Å². The number of hydrogen-bond acceptors (Lipinski definition) is 0. The summed E-state index contributed by atoms with van der Waals surface area (Å²) in [6.45, 7) is 2.17. The van der Waals surface area contributed by atoms with Crippen LogP contribution in [0.5, 0.6) is 0 Å². The third kappa shape index (κ3) is 3.25. The Bertz CT molecular complexity index is 116. The summed E-state index contributed by atoms with van der Waals surface area (Å²) in [4.78, 5) is 2.22. The largest absolute Gasteiger partial charge is 1.00 e. The van der Waals surface area contributed by atoms with Gasteiger partial charge in [-0.15, -0.1) is 0 Å². The molecule has 2 heteroatoms. The van der Waals surface area contributed by atoms with E-state index >= 15 is 0 Å². The van der Waals surface area contributed by atoms with Gasteiger partial charge in [-0.25, -0.2) is 0 Å². The molecule has 0 saturated carbocycles. The first-order valence-corrected chi connectivity index (χ1v) is 3.74. The van der Waals surface area contributed by atoms with Crippen molar-refractivity contribution in [1.29, 1.82) is 0 Å². The van der Waals surface area contributed by atoms with E-state index in [2.05, 4.69) is 24.0 Å². The first-order chi connectivity index (χ1) is 2.89. The summed E-state index contributed by atoms with van der Waals surface area (Å²) in [5.74, 6) is 0. The molecule has 0 aromatic carbocycles. The predicted molar refractivity (Wildman–Crippen MR) is 29.2 cm³/mol. The maximum absolute atomic E-state index is 2.22. The maximum Gasteiger partial charge on any atom is 1.00 e. The molecule has 1 heterocycles. The Morgan fingerprint density at radius 2 is 2.43 bits per heavy atom. The van der Waals surface area contributed by atoms with Gasteiger partial charge in [0.2, 0.25) is 0 Å². The minimum atomic E-state index is 0. The second-order valence-electron chi connectivity index (χ2n) is 1.22. The van der Waals surface area contributed by atoms with E-state index in [1.807, 2.05) is 0 Å². The Kier molecular flexibility index (Phi) is 5.56. The zero-order chi connectivity index (χ0) is 4.41. The van der Waals surface area contributed by atoms with Gasteiger partial charge in [-0.1, -0.05) is 0 Å². The third-order valence-electron chi connectivity index (χ3n) is 0.663. The van der Waals surface area contributed by atoms with Crippen molar-refractivity contribution in [1.82, 2.24) is 0 Å². The maximum atomic E-state index is 2.22. The van der Waals surface area contributed by atoms with E-state index in [1.165, 1.54) is 4.44 Å². The zero-order valence-corrected chi connectivity index (χ0v) is 9.48. The second kappa shape index (κ2) is 4.51. The molecule has 1 aromatic rings. The molecule has 0 aliphatic carbocycles. The summed E-state index contributed by atoms with van der Waals surface area (Å²) in [5, 5.41) is 0. The molecule has 0 amide bonds. The van der Waals surface area contributed by atoms with Crippen molar-refractivity contribution < 1.29 is 52.8 Å². The van der Waals surface area contributed by atoms with Crippen LogP contribution in [0.1, 0.15) is 5.86 Å². The van der Waals surface area contributed by atoms with Crippen LogP contribution in [0.4, 0.5) is 0 Å². The molecular weight excluding hydrogens is 178 g/mol. The summed E-state index contributed by atoms with van der Waals surface area (Å²) in [6, 6.07) is 4.29. The Labute approximate surface area is 94.0 Å². The zero-order valence-electron chi connectivity index (χ0n) is 5.64. The van der Waals surface area contributed by atoms with E-state index in [0.717, 1.165) is 0 Å². The van der Waals surface area contributed by atoms with Crippen molar-refractivity contribution in [2.45, 2.75) is 6.92 Å². The summed E-state index contributed by atoms with van der Waals surface area (Å²) < 4.78 is 1.53. The smallest absolute Gasteiger partial charge is 1.00 e. The van der Waals surface area contributed by atoms with Crippen molar-refractivity contribution in [2.24, 2.45) is 0 Å². The average Bonchev–Trinajstić information content (AvgIpc) is 1.86. The van der Waals surface area contributed by atoms with Crippen molar-refractivity contribution in [3.05, 3.63) is 21.5 Å². The molecule has 0 unspecified atom stereocenters. The van der Waals surface area contributed by atoms with Crippen LogP contribution in [0.15, 0.2) is 17.1 Å². The van der Waals surface area contributed by atoms with Gasteiger partial charge in [0.25, 0.3) is 0 Å². The quantitative estimate of drug-likeness (QED) is 0.417. The van der Waals surface area contributed by atoms with Gasteiger partial charge in [0.05, 0.1) is 0 Å². The van der Waals surface area contributed by atoms with E-state index in [4.69, 9.17) is 0 Å². The molecule has 34 valence electrons. The average molecular weight is 185 g/mol. The fourth-order valence-electron chi connectivity index (χ4n) is 0.361. The normalized spacial score (nSPS) is 7.57. The van der Waals surface area contributed by atoms with Crippen LogP contribution in [0.25, 0.3) is 0 Å². The predicted octanol–water partition coefficient (Wildman–Crippen LogP) is -1.83. The fourth-order valence-corrected chi connectivity index (χ4v) is 1.47. The van der Waals surface area contributed by atoms with Crippen molar-refractivity contribution in [2.75, 3.05) is 0 Å². The van der Waals surface area contributed by atoms with Gasteiger partial charge < -0.3 is 1.43 Å². The van der Waals surface area contributed by atoms with Gasteiger partial charge in [-0.3, -0.25) is 0 Å². The minimum absolute atomic E-state index is 0. The molecule has 0 aliphatic rings. The van der Waals surface area contributed by atoms with Gasteiger partial charge >= 0.3 is 94.3 Å². The Hall–Kier alpha value is 1.64. The number of hydrogen-bond donors (Lipinski definition) is 0. The van der Waals surface area contributed by atoms with E-state index in [9.17, 15) is 0 Å². The van der Waals surface area contributed by atoms with Crippen LogP contribution in [-0.4, -0.2) is 14.5 Å². The topological polar surface area (TPSA) is 0 Å². The van der Waals surface area contributed by atoms with Gasteiger partial charge in [-0.2, -0.15) is 0 Å². The Morgan fingerprint density at radius 1 is 1.71 bits per heavy atom. The monoisotopic (exact) mass is 186 g/mol. The molecule has 1 rings (SSSR count). The number of aryl methyl sites for hydroxylation is 1. The van der Waals surface area contributed by atoms with Gasteiger partial charge in [-0.05, 0) is 0 Å². The molecule has 0 N–H and O–H groups in total. The molecule has 0 spiro atoms. The van der Waals surface area contributed by atoms with Crippen LogP contribution in [0.2, 0.25) is 0 Å². The van der Waals surface area contributed by atoms with Gasteiger partial charge in [0.1, 0.15) is 0 Å². The van der Waals surface area contributed by atoms with Crippen LogP contribution in [-0.2, 0) is 0 Å². The van der Waals surface area contributed by atoms with E-state index in [0.29, 0.717) is 14.5 Å². The van der Waals surface area contributed by atoms with E-state index in [-0.39, 0.29) is 52.8 Å². The molecule has 0 radical (unpaired) electrons. The van der Waals surface area contributed by atoms with Crippen LogP contribution in [0, 0.1) is 6.92 Å². The molecule has 0 fully saturated rings.